The van der Waals surface area contributed by atoms with Crippen molar-refractivity contribution in [3.05, 3.63) is 27.7 Å². The lowest BCUT2D eigenvalue weighted by Crippen LogP contribution is -2.40. The Balaban J connectivity index is 2.08. The van der Waals surface area contributed by atoms with Gasteiger partial charge in [0, 0.05) is 28.9 Å². The first-order chi connectivity index (χ1) is 8.91. The molecule has 1 unspecified atom stereocenters. The number of anilines is 1. The summed E-state index contributed by atoms with van der Waals surface area (Å²) in [5.41, 5.74) is 7.66. The lowest BCUT2D eigenvalue weighted by Gasteiger charge is -2.23. The summed E-state index contributed by atoms with van der Waals surface area (Å²) in [5.74, 6) is -0.109. The van der Waals surface area contributed by atoms with E-state index in [2.05, 4.69) is 21.2 Å². The van der Waals surface area contributed by atoms with Crippen molar-refractivity contribution in [3.63, 3.8) is 0 Å². The van der Waals surface area contributed by atoms with E-state index in [1.54, 1.807) is 12.1 Å². The van der Waals surface area contributed by atoms with Crippen molar-refractivity contribution in [2.45, 2.75) is 32.3 Å². The summed E-state index contributed by atoms with van der Waals surface area (Å²) in [6.45, 7) is 5.18. The number of nitrogens with one attached hydrogen (secondary N) is 1. The number of nitrogens with two attached hydrogens (primary N) is 1. The van der Waals surface area contributed by atoms with E-state index >= 15 is 0 Å². The van der Waals surface area contributed by atoms with Crippen molar-refractivity contribution >= 4 is 27.5 Å². The first-order valence-corrected chi connectivity index (χ1v) is 7.18. The van der Waals surface area contributed by atoms with Gasteiger partial charge in [-0.2, -0.15) is 0 Å². The third-order valence-electron chi connectivity index (χ3n) is 3.58. The molecule has 1 aliphatic rings. The van der Waals surface area contributed by atoms with Crippen LogP contribution in [0, 0.1) is 6.92 Å². The van der Waals surface area contributed by atoms with Crippen LogP contribution in [-0.2, 0) is 4.74 Å². The number of carbonyl (C=O) groups is 1. The molecule has 1 aromatic rings. The Morgan fingerprint density at radius 2 is 2.32 bits per heavy atom. The zero-order chi connectivity index (χ0) is 14.0. The highest BCUT2D eigenvalue weighted by Gasteiger charge is 2.30. The van der Waals surface area contributed by atoms with Crippen LogP contribution in [-0.4, -0.2) is 24.7 Å². The highest BCUT2D eigenvalue weighted by molar-refractivity contribution is 9.10. The predicted octanol–water partition coefficient (Wildman–Crippen LogP) is 2.64. The highest BCUT2D eigenvalue weighted by Crippen LogP contribution is 2.25. The maximum absolute atomic E-state index is 12.2. The number of amides is 1. The molecule has 2 rings (SSSR count). The Morgan fingerprint density at radius 1 is 1.58 bits per heavy atom. The van der Waals surface area contributed by atoms with E-state index in [0.29, 0.717) is 17.8 Å². The van der Waals surface area contributed by atoms with Crippen LogP contribution >= 0.6 is 15.9 Å². The van der Waals surface area contributed by atoms with Gasteiger partial charge in [-0.15, -0.1) is 0 Å². The molecule has 5 heteroatoms. The van der Waals surface area contributed by atoms with E-state index in [1.807, 2.05) is 13.8 Å². The molecule has 0 radical (unpaired) electrons. The molecule has 1 saturated heterocycles. The SMILES string of the molecule is Cc1c(N)cc(Br)cc1C(=O)NCC1(C)CCCO1. The third kappa shape index (κ3) is 3.28. The van der Waals surface area contributed by atoms with Gasteiger partial charge in [0.2, 0.25) is 0 Å². The normalized spacial score (nSPS) is 22.5. The standard InChI is InChI=1S/C14H19BrN2O2/c1-9-11(6-10(15)7-12(9)16)13(18)17-8-14(2)4-3-5-19-14/h6-7H,3-5,8,16H2,1-2H3,(H,17,18). The van der Waals surface area contributed by atoms with Gasteiger partial charge in [-0.25, -0.2) is 0 Å². The van der Waals surface area contributed by atoms with Crippen LogP contribution in [0.3, 0.4) is 0 Å². The molecule has 1 fully saturated rings. The second kappa shape index (κ2) is 5.51. The molecule has 1 atom stereocenters. The van der Waals surface area contributed by atoms with Gasteiger partial charge in [0.25, 0.3) is 5.91 Å². The molecule has 4 nitrogen and oxygen atoms in total. The number of ether oxygens (including phenoxy) is 1. The zero-order valence-electron chi connectivity index (χ0n) is 11.3. The summed E-state index contributed by atoms with van der Waals surface area (Å²) < 4.78 is 6.47. The summed E-state index contributed by atoms with van der Waals surface area (Å²) in [6.07, 6.45) is 2.03. The van der Waals surface area contributed by atoms with Crippen molar-refractivity contribution < 1.29 is 9.53 Å². The molecule has 0 saturated carbocycles. The van der Waals surface area contributed by atoms with Crippen molar-refractivity contribution in [3.8, 4) is 0 Å². The monoisotopic (exact) mass is 326 g/mol. The maximum atomic E-state index is 12.2. The van der Waals surface area contributed by atoms with Crippen LogP contribution in [0.5, 0.6) is 0 Å². The first-order valence-electron chi connectivity index (χ1n) is 6.39. The second-order valence-electron chi connectivity index (χ2n) is 5.25. The van der Waals surface area contributed by atoms with E-state index in [4.69, 9.17) is 10.5 Å². The smallest absolute Gasteiger partial charge is 0.251 e. The summed E-state index contributed by atoms with van der Waals surface area (Å²) >= 11 is 3.36. The van der Waals surface area contributed by atoms with Crippen LogP contribution in [0.15, 0.2) is 16.6 Å². The molecule has 0 bridgehead atoms. The fraction of sp³-hybridized carbons (Fsp3) is 0.500. The Bertz CT molecular complexity index is 496. The van der Waals surface area contributed by atoms with Crippen molar-refractivity contribution in [2.24, 2.45) is 0 Å². The van der Waals surface area contributed by atoms with Crippen molar-refractivity contribution in [1.29, 1.82) is 0 Å². The number of rotatable bonds is 3. The van der Waals surface area contributed by atoms with E-state index < -0.39 is 0 Å². The summed E-state index contributed by atoms with van der Waals surface area (Å²) in [6, 6.07) is 3.59. The maximum Gasteiger partial charge on any atom is 0.251 e. The van der Waals surface area contributed by atoms with E-state index in [-0.39, 0.29) is 11.5 Å². The molecule has 3 N–H and O–H groups in total. The molecule has 19 heavy (non-hydrogen) atoms. The summed E-state index contributed by atoms with van der Waals surface area (Å²) in [4.78, 5) is 12.2. The minimum atomic E-state index is -0.235. The number of hydrogen-bond acceptors (Lipinski definition) is 3. The van der Waals surface area contributed by atoms with Crippen molar-refractivity contribution in [1.82, 2.24) is 5.32 Å². The molecule has 1 aliphatic heterocycles. The predicted molar refractivity (Wildman–Crippen MR) is 79.2 cm³/mol. The number of halogens is 1. The van der Waals surface area contributed by atoms with Gasteiger partial charge in [-0.05, 0) is 44.4 Å². The van der Waals surface area contributed by atoms with Gasteiger partial charge in [-0.3, -0.25) is 4.79 Å². The molecular weight excluding hydrogens is 308 g/mol. The van der Waals surface area contributed by atoms with Gasteiger partial charge >= 0.3 is 0 Å². The molecular formula is C14H19BrN2O2. The van der Waals surface area contributed by atoms with Gasteiger partial charge in [0.1, 0.15) is 0 Å². The second-order valence-corrected chi connectivity index (χ2v) is 6.17. The molecule has 1 heterocycles. The van der Waals surface area contributed by atoms with Gasteiger partial charge in [0.05, 0.1) is 5.60 Å². The Morgan fingerprint density at radius 3 is 2.95 bits per heavy atom. The number of nitrogen functional groups attached to an aromatic ring is 1. The molecule has 0 aliphatic carbocycles. The van der Waals surface area contributed by atoms with E-state index in [0.717, 1.165) is 29.5 Å². The van der Waals surface area contributed by atoms with E-state index in [9.17, 15) is 4.79 Å². The topological polar surface area (TPSA) is 64.4 Å². The van der Waals surface area contributed by atoms with E-state index in [1.165, 1.54) is 0 Å². The average Bonchev–Trinajstić information content (AvgIpc) is 2.78. The molecule has 1 amide bonds. The minimum absolute atomic E-state index is 0.109. The first kappa shape index (κ1) is 14.3. The molecule has 0 spiro atoms. The highest BCUT2D eigenvalue weighted by atomic mass is 79.9. The lowest BCUT2D eigenvalue weighted by molar-refractivity contribution is 0.0206. The number of hydrogen-bond donors (Lipinski definition) is 2. The van der Waals surface area contributed by atoms with Crippen LogP contribution in [0.2, 0.25) is 0 Å². The Labute approximate surface area is 121 Å². The minimum Gasteiger partial charge on any atom is -0.398 e. The fourth-order valence-corrected chi connectivity index (χ4v) is 2.75. The van der Waals surface area contributed by atoms with Gasteiger partial charge in [-0.1, -0.05) is 15.9 Å². The van der Waals surface area contributed by atoms with Crippen LogP contribution in [0.25, 0.3) is 0 Å². The van der Waals surface area contributed by atoms with Crippen LogP contribution < -0.4 is 11.1 Å². The fourth-order valence-electron chi connectivity index (χ4n) is 2.27. The van der Waals surface area contributed by atoms with Crippen LogP contribution in [0.1, 0.15) is 35.7 Å². The lowest BCUT2D eigenvalue weighted by atomic mass is 10.0. The zero-order valence-corrected chi connectivity index (χ0v) is 12.8. The summed E-state index contributed by atoms with van der Waals surface area (Å²) in [7, 11) is 0. The quantitative estimate of drug-likeness (QED) is 0.839. The molecule has 1 aromatic carbocycles. The number of carbonyl (C=O) groups excluding carboxylic acids is 1. The summed E-state index contributed by atoms with van der Waals surface area (Å²) in [5, 5.41) is 2.94. The van der Waals surface area contributed by atoms with Crippen LogP contribution in [0.4, 0.5) is 5.69 Å². The molecule has 104 valence electrons. The Kier molecular flexibility index (Phi) is 4.16. The van der Waals surface area contributed by atoms with Gasteiger partial charge < -0.3 is 15.8 Å². The Hall–Kier alpha value is -1.07. The third-order valence-corrected chi connectivity index (χ3v) is 4.04. The average molecular weight is 327 g/mol. The van der Waals surface area contributed by atoms with Crippen molar-refractivity contribution in [2.75, 3.05) is 18.9 Å². The van der Waals surface area contributed by atoms with Gasteiger partial charge in [0.15, 0.2) is 0 Å². The molecule has 0 aromatic heterocycles. The number of benzene rings is 1. The largest absolute Gasteiger partial charge is 0.398 e.